The molecule has 0 spiro atoms. The molecule has 0 fully saturated rings. The van der Waals surface area contributed by atoms with E-state index in [0.717, 1.165) is 0 Å². The van der Waals surface area contributed by atoms with Crippen molar-refractivity contribution in [3.63, 3.8) is 0 Å². The highest BCUT2D eigenvalue weighted by atomic mass is 32.2. The second-order valence-electron chi connectivity index (χ2n) is 3.26. The number of hydrogen-bond acceptors (Lipinski definition) is 5. The van der Waals surface area contributed by atoms with Crippen molar-refractivity contribution in [1.82, 2.24) is 0 Å². The van der Waals surface area contributed by atoms with E-state index in [0.29, 0.717) is 5.56 Å². The average molecular weight is 264 g/mol. The second kappa shape index (κ2) is 7.36. The largest absolute Gasteiger partial charge is 0.394 e. The van der Waals surface area contributed by atoms with Gasteiger partial charge in [0.15, 0.2) is 0 Å². The Morgan fingerprint density at radius 2 is 1.65 bits per heavy atom. The van der Waals surface area contributed by atoms with Gasteiger partial charge in [0, 0.05) is 0 Å². The summed E-state index contributed by atoms with van der Waals surface area (Å²) in [5.74, 6) is 0. The van der Waals surface area contributed by atoms with Crippen LogP contribution in [0.25, 0.3) is 0 Å². The van der Waals surface area contributed by atoms with Crippen molar-refractivity contribution >= 4 is 10.1 Å². The molecule has 4 N–H and O–H groups in total. The summed E-state index contributed by atoms with van der Waals surface area (Å²) in [6.45, 7) is 0.899. The van der Waals surface area contributed by atoms with Gasteiger partial charge in [0.2, 0.25) is 0 Å². The summed E-state index contributed by atoms with van der Waals surface area (Å²) in [4.78, 5) is -0.0278. The van der Waals surface area contributed by atoms with Crippen LogP contribution in [0.2, 0.25) is 0 Å². The molecule has 17 heavy (non-hydrogen) atoms. The van der Waals surface area contributed by atoms with E-state index in [-0.39, 0.29) is 18.1 Å². The van der Waals surface area contributed by atoms with Crippen molar-refractivity contribution in [2.24, 2.45) is 0 Å². The molecule has 1 rings (SSSR count). The molecule has 0 unspecified atom stereocenters. The van der Waals surface area contributed by atoms with E-state index in [1.165, 1.54) is 6.07 Å². The molecule has 0 saturated heterocycles. The summed E-state index contributed by atoms with van der Waals surface area (Å²) < 4.78 is 29.9. The fraction of sp³-hybridized carbons (Fsp3) is 0.400. The van der Waals surface area contributed by atoms with E-state index < -0.39 is 16.2 Å². The van der Waals surface area contributed by atoms with E-state index in [9.17, 15) is 8.42 Å². The zero-order valence-electron chi connectivity index (χ0n) is 9.31. The molecular weight excluding hydrogens is 248 g/mol. The van der Waals surface area contributed by atoms with E-state index >= 15 is 0 Å². The number of hydrogen-bond donors (Lipinski definition) is 4. The molecule has 6 nitrogen and oxygen atoms in total. The van der Waals surface area contributed by atoms with E-state index in [1.807, 2.05) is 0 Å². The monoisotopic (exact) mass is 264 g/mol. The minimum atomic E-state index is -4.03. The van der Waals surface area contributed by atoms with Crippen LogP contribution in [0.15, 0.2) is 29.2 Å². The van der Waals surface area contributed by atoms with Gasteiger partial charge in [-0.05, 0) is 18.6 Å². The Balaban J connectivity index is 0.000000366. The summed E-state index contributed by atoms with van der Waals surface area (Å²) in [7, 11) is -4.03. The zero-order chi connectivity index (χ0) is 13.5. The summed E-state index contributed by atoms with van der Waals surface area (Å²) in [5, 5.41) is 24.0. The molecule has 1 aromatic rings. The van der Waals surface area contributed by atoms with Crippen LogP contribution in [0.4, 0.5) is 0 Å². The Bertz CT molecular complexity index is 424. The molecule has 0 aliphatic rings. The van der Waals surface area contributed by atoms with E-state index in [4.69, 9.17) is 19.9 Å². The van der Waals surface area contributed by atoms with Gasteiger partial charge in [-0.15, -0.1) is 0 Å². The van der Waals surface area contributed by atoms with Gasteiger partial charge in [-0.25, -0.2) is 0 Å². The van der Waals surface area contributed by atoms with Crippen molar-refractivity contribution in [1.29, 1.82) is 0 Å². The van der Waals surface area contributed by atoms with Crippen molar-refractivity contribution in [2.45, 2.75) is 17.9 Å². The normalized spacial score (nSPS) is 10.9. The number of aliphatic hydroxyl groups is 3. The first-order chi connectivity index (χ1) is 7.82. The number of aliphatic hydroxyl groups excluding tert-OH is 3. The van der Waals surface area contributed by atoms with Crippen molar-refractivity contribution in [2.75, 3.05) is 13.2 Å². The summed E-state index contributed by atoms with van der Waals surface area (Å²) in [6, 6.07) is 6.27. The lowest BCUT2D eigenvalue weighted by atomic mass is 10.2. The third-order valence-electron chi connectivity index (χ3n) is 1.79. The third kappa shape index (κ3) is 6.35. The Kier molecular flexibility index (Phi) is 6.93. The standard InChI is InChI=1S/C7H8O3S.C3H8O3/c1-6-4-2-3-5-7(6)11(8,9)10;4-1-3(6)2-5/h2-5H,1H3,(H,8,9,10);3-6H,1-2H2. The van der Waals surface area contributed by atoms with Gasteiger partial charge in [-0.2, -0.15) is 8.42 Å². The highest BCUT2D eigenvalue weighted by molar-refractivity contribution is 7.85. The molecule has 0 aliphatic carbocycles. The SMILES string of the molecule is Cc1ccccc1S(=O)(=O)O.OCC(O)CO. The maximum absolute atomic E-state index is 10.6. The lowest BCUT2D eigenvalue weighted by Gasteiger charge is -1.99. The molecule has 0 aromatic heterocycles. The van der Waals surface area contributed by atoms with Gasteiger partial charge < -0.3 is 15.3 Å². The smallest absolute Gasteiger partial charge is 0.294 e. The first-order valence-corrected chi connectivity index (χ1v) is 6.19. The van der Waals surface area contributed by atoms with Crippen LogP contribution in [0.3, 0.4) is 0 Å². The van der Waals surface area contributed by atoms with Gasteiger partial charge in [-0.1, -0.05) is 18.2 Å². The molecule has 0 saturated carbocycles. The molecule has 7 heteroatoms. The van der Waals surface area contributed by atoms with Crippen molar-refractivity contribution in [3.05, 3.63) is 29.8 Å². The van der Waals surface area contributed by atoms with Crippen LogP contribution in [0, 0.1) is 6.92 Å². The van der Waals surface area contributed by atoms with Crippen molar-refractivity contribution < 1.29 is 28.3 Å². The maximum Gasteiger partial charge on any atom is 0.294 e. The highest BCUT2D eigenvalue weighted by Crippen LogP contribution is 2.12. The minimum absolute atomic E-state index is 0.0278. The Morgan fingerprint density at radius 1 is 1.18 bits per heavy atom. The van der Waals surface area contributed by atoms with Crippen LogP contribution in [0.5, 0.6) is 0 Å². The summed E-state index contributed by atoms with van der Waals surface area (Å²) in [5.41, 5.74) is 0.551. The minimum Gasteiger partial charge on any atom is -0.394 e. The summed E-state index contributed by atoms with van der Waals surface area (Å²) in [6.07, 6.45) is -0.954. The van der Waals surface area contributed by atoms with Crippen molar-refractivity contribution in [3.8, 4) is 0 Å². The molecule has 0 amide bonds. The van der Waals surface area contributed by atoms with Crippen LogP contribution in [-0.4, -0.2) is 47.6 Å². The Morgan fingerprint density at radius 3 is 1.88 bits per heavy atom. The number of aryl methyl sites for hydroxylation is 1. The molecule has 0 bridgehead atoms. The lowest BCUT2D eigenvalue weighted by molar-refractivity contribution is 0.0450. The Hall–Kier alpha value is -0.990. The van der Waals surface area contributed by atoms with Gasteiger partial charge in [-0.3, -0.25) is 4.55 Å². The molecule has 0 radical (unpaired) electrons. The maximum atomic E-state index is 10.6. The third-order valence-corrected chi connectivity index (χ3v) is 2.81. The Labute approximate surface area is 99.9 Å². The fourth-order valence-corrected chi connectivity index (χ4v) is 1.63. The zero-order valence-corrected chi connectivity index (χ0v) is 10.1. The predicted molar refractivity (Wildman–Crippen MR) is 61.2 cm³/mol. The number of rotatable bonds is 3. The first-order valence-electron chi connectivity index (χ1n) is 4.75. The van der Waals surface area contributed by atoms with Gasteiger partial charge in [0.05, 0.1) is 18.1 Å². The molecule has 98 valence electrons. The van der Waals surface area contributed by atoms with Crippen LogP contribution >= 0.6 is 0 Å². The van der Waals surface area contributed by atoms with E-state index in [1.54, 1.807) is 25.1 Å². The lowest BCUT2D eigenvalue weighted by Crippen LogP contribution is -2.15. The van der Waals surface area contributed by atoms with Gasteiger partial charge >= 0.3 is 0 Å². The first kappa shape index (κ1) is 16.0. The molecular formula is C10H16O6S. The van der Waals surface area contributed by atoms with E-state index in [2.05, 4.69) is 0 Å². The summed E-state index contributed by atoms with van der Waals surface area (Å²) >= 11 is 0. The van der Waals surface area contributed by atoms with Crippen LogP contribution < -0.4 is 0 Å². The topological polar surface area (TPSA) is 115 Å². The fourth-order valence-electron chi connectivity index (χ4n) is 0.904. The quantitative estimate of drug-likeness (QED) is 0.551. The molecule has 0 aliphatic heterocycles. The molecule has 0 atom stereocenters. The average Bonchev–Trinajstić information content (AvgIpc) is 2.28. The molecule has 0 heterocycles. The van der Waals surface area contributed by atoms with Crippen LogP contribution in [0.1, 0.15) is 5.56 Å². The predicted octanol–water partition coefficient (Wildman–Crippen LogP) is -0.426. The van der Waals surface area contributed by atoms with Crippen LogP contribution in [-0.2, 0) is 10.1 Å². The second-order valence-corrected chi connectivity index (χ2v) is 4.65. The molecule has 1 aromatic carbocycles. The van der Waals surface area contributed by atoms with Gasteiger partial charge in [0.25, 0.3) is 10.1 Å². The highest BCUT2D eigenvalue weighted by Gasteiger charge is 2.10. The van der Waals surface area contributed by atoms with Gasteiger partial charge in [0.1, 0.15) is 6.10 Å². The number of benzene rings is 1.